The molecule has 37 heavy (non-hydrogen) atoms. The zero-order chi connectivity index (χ0) is 25.4. The molecule has 1 aliphatic rings. The summed E-state index contributed by atoms with van der Waals surface area (Å²) in [7, 11) is 0. The Labute approximate surface area is 224 Å². The summed E-state index contributed by atoms with van der Waals surface area (Å²) in [6, 6.07) is 32.3. The van der Waals surface area contributed by atoms with E-state index in [2.05, 4.69) is 134 Å². The number of nitrogens with one attached hydrogen (secondary N) is 1. The molecule has 4 aromatic carbocycles. The molecule has 1 N–H and O–H groups in total. The largest absolute Gasteiger partial charge is 0.354 e. The average Bonchev–Trinajstić information content (AvgIpc) is 3.51. The van der Waals surface area contributed by atoms with Crippen LogP contribution in [0.25, 0.3) is 60.8 Å². The predicted octanol–water partition coefficient (Wildman–Crippen LogP) is 10.1. The van der Waals surface area contributed by atoms with Crippen molar-refractivity contribution in [2.75, 3.05) is 0 Å². The first-order valence-electron chi connectivity index (χ1n) is 12.6. The van der Waals surface area contributed by atoms with Crippen LogP contribution in [0.1, 0.15) is 13.8 Å². The Bertz CT molecular complexity index is 1910. The highest BCUT2D eigenvalue weighted by molar-refractivity contribution is 9.10. The summed E-state index contributed by atoms with van der Waals surface area (Å²) < 4.78 is 3.44. The van der Waals surface area contributed by atoms with Crippen LogP contribution in [-0.2, 0) is 0 Å². The molecule has 0 saturated carbocycles. The van der Waals surface area contributed by atoms with Gasteiger partial charge in [-0.25, -0.2) is 0 Å². The lowest BCUT2D eigenvalue weighted by Crippen LogP contribution is -1.98. The molecule has 0 saturated heterocycles. The van der Waals surface area contributed by atoms with Crippen LogP contribution < -0.4 is 0 Å². The molecular weight excluding hydrogens is 516 g/mol. The van der Waals surface area contributed by atoms with Crippen molar-refractivity contribution in [3.63, 3.8) is 0 Å². The first-order valence-corrected chi connectivity index (χ1v) is 13.4. The Hall–Kier alpha value is -4.26. The van der Waals surface area contributed by atoms with Gasteiger partial charge in [-0.1, -0.05) is 108 Å². The van der Waals surface area contributed by atoms with Crippen molar-refractivity contribution < 1.29 is 0 Å². The van der Waals surface area contributed by atoms with Crippen LogP contribution in [0.4, 0.5) is 0 Å². The molecule has 0 radical (unpaired) electrons. The van der Waals surface area contributed by atoms with Gasteiger partial charge in [-0.3, -0.25) is 0 Å². The van der Waals surface area contributed by atoms with Crippen molar-refractivity contribution in [3.05, 3.63) is 125 Å². The first kappa shape index (κ1) is 23.2. The molecule has 0 amide bonds. The molecule has 178 valence electrons. The number of halogens is 1. The van der Waals surface area contributed by atoms with Crippen molar-refractivity contribution in [1.29, 1.82) is 0 Å². The monoisotopic (exact) mass is 540 g/mol. The molecule has 0 spiro atoms. The van der Waals surface area contributed by atoms with Crippen LogP contribution in [0.2, 0.25) is 0 Å². The second-order valence-electron chi connectivity index (χ2n) is 8.68. The fourth-order valence-electron chi connectivity index (χ4n) is 5.22. The van der Waals surface area contributed by atoms with Crippen molar-refractivity contribution >= 4 is 54.3 Å². The Balaban J connectivity index is 0.00000123. The summed E-state index contributed by atoms with van der Waals surface area (Å²) in [6.45, 7) is 4.00. The normalized spacial score (nSPS) is 12.2. The Morgan fingerprint density at radius 1 is 0.757 bits per heavy atom. The van der Waals surface area contributed by atoms with E-state index in [-0.39, 0.29) is 0 Å². The van der Waals surface area contributed by atoms with Gasteiger partial charge >= 0.3 is 0 Å². The van der Waals surface area contributed by atoms with Gasteiger partial charge in [0.05, 0.1) is 22.4 Å². The summed E-state index contributed by atoms with van der Waals surface area (Å²) in [4.78, 5) is 3.75. The van der Waals surface area contributed by atoms with Gasteiger partial charge in [-0.2, -0.15) is 0 Å². The molecule has 0 unspecified atom stereocenters. The smallest absolute Gasteiger partial charge is 0.0620 e. The van der Waals surface area contributed by atoms with Gasteiger partial charge in [0, 0.05) is 37.8 Å². The molecule has 7 rings (SSSR count). The molecule has 3 heteroatoms. The molecular formula is C34H25BrN2. The molecule has 1 aliphatic carbocycles. The lowest BCUT2D eigenvalue weighted by molar-refractivity contribution is 1.19. The van der Waals surface area contributed by atoms with Gasteiger partial charge in [-0.05, 0) is 47.5 Å². The highest BCUT2D eigenvalue weighted by atomic mass is 79.9. The number of hydrogen-bond donors (Lipinski definition) is 1. The number of H-pyrrole nitrogens is 1. The van der Waals surface area contributed by atoms with Crippen LogP contribution in [-0.4, -0.2) is 9.55 Å². The minimum Gasteiger partial charge on any atom is -0.354 e. The maximum absolute atomic E-state index is 3.75. The van der Waals surface area contributed by atoms with E-state index >= 15 is 0 Å². The van der Waals surface area contributed by atoms with E-state index in [1.165, 1.54) is 38.5 Å². The van der Waals surface area contributed by atoms with E-state index in [0.717, 1.165) is 26.7 Å². The first-order chi connectivity index (χ1) is 18.3. The number of nitrogens with zero attached hydrogens (tertiary/aromatic N) is 1. The van der Waals surface area contributed by atoms with E-state index in [9.17, 15) is 0 Å². The van der Waals surface area contributed by atoms with Crippen molar-refractivity contribution in [2.45, 2.75) is 13.8 Å². The predicted molar refractivity (Wildman–Crippen MR) is 162 cm³/mol. The standard InChI is InChI=1S/C32H19BrN2.C2H6/c33-23-16-18-27-26(20-23)25-17-19-28-30(31(25)34-27)29(21-10-4-1-5-11-21)32(22-12-6-2-7-13-22)35(28)24-14-8-3-9-15-24;1-2/h1-2,4-8,10-20,34H;1-2H3. The average molecular weight is 541 g/mol. The van der Waals surface area contributed by atoms with E-state index in [0.29, 0.717) is 0 Å². The minimum absolute atomic E-state index is 1.06. The number of hydrogen-bond acceptors (Lipinski definition) is 0. The zero-order valence-corrected chi connectivity index (χ0v) is 22.3. The second-order valence-corrected chi connectivity index (χ2v) is 9.60. The van der Waals surface area contributed by atoms with Gasteiger partial charge in [0.1, 0.15) is 0 Å². The number of benzene rings is 4. The van der Waals surface area contributed by atoms with Gasteiger partial charge in [0.15, 0.2) is 0 Å². The van der Waals surface area contributed by atoms with Crippen LogP contribution >= 0.6 is 15.9 Å². The Morgan fingerprint density at radius 3 is 2.19 bits per heavy atom. The molecule has 0 atom stereocenters. The van der Waals surface area contributed by atoms with Crippen LogP contribution in [0.5, 0.6) is 0 Å². The van der Waals surface area contributed by atoms with Crippen molar-refractivity contribution in [3.8, 4) is 22.4 Å². The topological polar surface area (TPSA) is 20.7 Å². The molecule has 0 aliphatic heterocycles. The van der Waals surface area contributed by atoms with E-state index < -0.39 is 0 Å². The minimum atomic E-state index is 1.06. The van der Waals surface area contributed by atoms with E-state index in [4.69, 9.17) is 0 Å². The Kier molecular flexibility index (Phi) is 6.04. The number of rotatable bonds is 3. The lowest BCUT2D eigenvalue weighted by atomic mass is 9.97. The van der Waals surface area contributed by atoms with Crippen molar-refractivity contribution in [2.24, 2.45) is 0 Å². The molecule has 0 fully saturated rings. The third kappa shape index (κ3) is 3.82. The molecule has 2 heterocycles. The fourth-order valence-corrected chi connectivity index (χ4v) is 5.58. The summed E-state index contributed by atoms with van der Waals surface area (Å²) in [5.74, 6) is 0. The highest BCUT2D eigenvalue weighted by Crippen LogP contribution is 2.46. The zero-order valence-electron chi connectivity index (χ0n) is 20.7. The van der Waals surface area contributed by atoms with Crippen molar-refractivity contribution in [1.82, 2.24) is 9.55 Å². The van der Waals surface area contributed by atoms with Crippen LogP contribution in [0.15, 0.2) is 125 Å². The molecule has 6 aromatic rings. The summed E-state index contributed by atoms with van der Waals surface area (Å²) in [6.07, 6.45) is 6.04. The fraction of sp³-hybridized carbons (Fsp3) is 0.0588. The van der Waals surface area contributed by atoms with E-state index in [1.54, 1.807) is 0 Å². The summed E-state index contributed by atoms with van der Waals surface area (Å²) in [5, 5.41) is 3.65. The van der Waals surface area contributed by atoms with Crippen LogP contribution in [0.3, 0.4) is 0 Å². The second kappa shape index (κ2) is 9.65. The number of aromatic nitrogens is 2. The third-order valence-corrected chi connectivity index (χ3v) is 7.17. The van der Waals surface area contributed by atoms with Gasteiger partial charge in [-0.15, -0.1) is 0 Å². The van der Waals surface area contributed by atoms with Gasteiger partial charge < -0.3 is 9.55 Å². The van der Waals surface area contributed by atoms with Crippen LogP contribution in [0, 0.1) is 0 Å². The van der Waals surface area contributed by atoms with Gasteiger partial charge in [0.2, 0.25) is 0 Å². The molecule has 2 nitrogen and oxygen atoms in total. The summed E-state index contributed by atoms with van der Waals surface area (Å²) in [5.41, 5.74) is 15.4. The lowest BCUT2D eigenvalue weighted by Gasteiger charge is -2.14. The maximum Gasteiger partial charge on any atom is 0.0620 e. The molecule has 2 aromatic heterocycles. The third-order valence-electron chi connectivity index (χ3n) is 6.67. The molecule has 0 bridgehead atoms. The number of aromatic amines is 1. The van der Waals surface area contributed by atoms with Gasteiger partial charge in [0.25, 0.3) is 0 Å². The highest BCUT2D eigenvalue weighted by Gasteiger charge is 2.24. The maximum atomic E-state index is 3.75. The summed E-state index contributed by atoms with van der Waals surface area (Å²) >= 11 is 3.66. The Morgan fingerprint density at radius 2 is 1.49 bits per heavy atom. The number of allylic oxidation sites excluding steroid dienone is 4. The SMILES string of the molecule is Brc1ccc2[nH]c3c(ccc4c3c(-c3ccccc3)c(-c3ccccc3)n4C3=CC=C=C=C3)c2c1.CC. The number of fused-ring (bicyclic) bond motifs is 5. The van der Waals surface area contributed by atoms with E-state index in [1.807, 2.05) is 26.0 Å². The quantitative estimate of drug-likeness (QED) is 0.215.